The molecule has 98 valence electrons. The van der Waals surface area contributed by atoms with E-state index in [1.807, 2.05) is 31.2 Å². The maximum Gasteiger partial charge on any atom is 0.260 e. The monoisotopic (exact) mass is 250 g/mol. The van der Waals surface area contributed by atoms with Crippen LogP contribution in [0, 0.1) is 0 Å². The average Bonchev–Trinajstić information content (AvgIpc) is 2.41. The number of rotatable bonds is 7. The molecule has 0 aliphatic heterocycles. The third kappa shape index (κ3) is 4.86. The minimum Gasteiger partial charge on any atom is -0.496 e. The summed E-state index contributed by atoms with van der Waals surface area (Å²) >= 11 is 0. The predicted molar refractivity (Wildman–Crippen MR) is 69.8 cm³/mol. The molecule has 0 unspecified atom stereocenters. The molecule has 0 aliphatic carbocycles. The molecule has 0 atom stereocenters. The molecule has 0 aromatic heterocycles. The highest BCUT2D eigenvalue weighted by molar-refractivity contribution is 5.83. The highest BCUT2D eigenvalue weighted by atomic mass is 16.6. The smallest absolute Gasteiger partial charge is 0.260 e. The molecule has 0 saturated heterocycles. The van der Waals surface area contributed by atoms with Crippen LogP contribution >= 0.6 is 0 Å². The first-order valence-corrected chi connectivity index (χ1v) is 5.83. The number of amides is 1. The van der Waals surface area contributed by atoms with Gasteiger partial charge >= 0.3 is 0 Å². The summed E-state index contributed by atoms with van der Waals surface area (Å²) in [5.74, 6) is 0.536. The molecule has 0 saturated carbocycles. The Balaban J connectivity index is 2.38. The van der Waals surface area contributed by atoms with E-state index in [1.54, 1.807) is 7.11 Å². The van der Waals surface area contributed by atoms with Crippen LogP contribution in [0.15, 0.2) is 29.4 Å². The normalized spacial score (nSPS) is 10.3. The average molecular weight is 250 g/mol. The van der Waals surface area contributed by atoms with Crippen LogP contribution in [0.1, 0.15) is 18.9 Å². The molecule has 1 N–H and O–H groups in total. The van der Waals surface area contributed by atoms with Crippen LogP contribution in [0.2, 0.25) is 0 Å². The number of nitrogens with one attached hydrogen (secondary N) is 1. The highest BCUT2D eigenvalue weighted by Gasteiger charge is 2.00. The Morgan fingerprint density at radius 1 is 1.44 bits per heavy atom. The van der Waals surface area contributed by atoms with Gasteiger partial charge in [0.1, 0.15) is 5.75 Å². The van der Waals surface area contributed by atoms with Crippen molar-refractivity contribution in [2.24, 2.45) is 5.16 Å². The molecular formula is C13H18N2O3. The first kappa shape index (κ1) is 14.0. The second kappa shape index (κ2) is 8.11. The molecule has 0 bridgehead atoms. The van der Waals surface area contributed by atoms with E-state index in [0.717, 1.165) is 12.0 Å². The molecule has 0 aliphatic rings. The van der Waals surface area contributed by atoms with Gasteiger partial charge in [-0.1, -0.05) is 24.2 Å². The number of para-hydroxylation sites is 1. The third-order valence-electron chi connectivity index (χ3n) is 2.17. The van der Waals surface area contributed by atoms with E-state index in [-0.39, 0.29) is 12.5 Å². The van der Waals surface area contributed by atoms with Crippen molar-refractivity contribution >= 4 is 12.1 Å². The van der Waals surface area contributed by atoms with Gasteiger partial charge in [0.2, 0.25) is 0 Å². The molecule has 5 nitrogen and oxygen atoms in total. The van der Waals surface area contributed by atoms with Crippen molar-refractivity contribution < 1.29 is 14.4 Å². The van der Waals surface area contributed by atoms with E-state index in [1.165, 1.54) is 6.21 Å². The van der Waals surface area contributed by atoms with Crippen molar-refractivity contribution in [1.82, 2.24) is 5.32 Å². The Labute approximate surface area is 107 Å². The third-order valence-corrected chi connectivity index (χ3v) is 2.17. The van der Waals surface area contributed by atoms with Gasteiger partial charge in [0, 0.05) is 12.1 Å². The zero-order valence-electron chi connectivity index (χ0n) is 10.7. The van der Waals surface area contributed by atoms with Gasteiger partial charge in [-0.05, 0) is 18.6 Å². The van der Waals surface area contributed by atoms with Crippen LogP contribution in [0.3, 0.4) is 0 Å². The second-order valence-electron chi connectivity index (χ2n) is 3.60. The Kier molecular flexibility index (Phi) is 6.32. The first-order valence-electron chi connectivity index (χ1n) is 5.83. The van der Waals surface area contributed by atoms with Crippen LogP contribution in [0.4, 0.5) is 0 Å². The Bertz CT molecular complexity index is 405. The number of ether oxygens (including phenoxy) is 1. The minimum atomic E-state index is -0.172. The van der Waals surface area contributed by atoms with Crippen LogP contribution < -0.4 is 10.1 Å². The van der Waals surface area contributed by atoms with Crippen molar-refractivity contribution in [3.63, 3.8) is 0 Å². The number of nitrogens with zero attached hydrogens (tertiary/aromatic N) is 1. The SMILES string of the molecule is CCCNC(=O)CO/N=C\c1ccccc1OC. The van der Waals surface area contributed by atoms with E-state index in [2.05, 4.69) is 10.5 Å². The number of oxime groups is 1. The summed E-state index contributed by atoms with van der Waals surface area (Å²) in [5, 5.41) is 6.42. The van der Waals surface area contributed by atoms with Gasteiger partial charge in [0.25, 0.3) is 5.91 Å². The lowest BCUT2D eigenvalue weighted by Crippen LogP contribution is -2.27. The Hall–Kier alpha value is -2.04. The molecule has 1 amide bonds. The summed E-state index contributed by atoms with van der Waals surface area (Å²) in [5.41, 5.74) is 0.800. The Morgan fingerprint density at radius 2 is 2.22 bits per heavy atom. The molecule has 1 aromatic carbocycles. The highest BCUT2D eigenvalue weighted by Crippen LogP contribution is 2.14. The maximum atomic E-state index is 11.2. The molecule has 1 rings (SSSR count). The molecule has 0 radical (unpaired) electrons. The summed E-state index contributed by atoms with van der Waals surface area (Å²) in [6.07, 6.45) is 2.42. The van der Waals surface area contributed by atoms with E-state index in [0.29, 0.717) is 12.3 Å². The van der Waals surface area contributed by atoms with Gasteiger partial charge in [0.05, 0.1) is 13.3 Å². The van der Waals surface area contributed by atoms with Crippen molar-refractivity contribution in [3.05, 3.63) is 29.8 Å². The van der Waals surface area contributed by atoms with E-state index < -0.39 is 0 Å². The van der Waals surface area contributed by atoms with Crippen molar-refractivity contribution in [3.8, 4) is 5.75 Å². The lowest BCUT2D eigenvalue weighted by molar-refractivity contribution is -0.125. The Morgan fingerprint density at radius 3 is 2.94 bits per heavy atom. The summed E-state index contributed by atoms with van der Waals surface area (Å²) in [4.78, 5) is 16.1. The number of methoxy groups -OCH3 is 1. The number of carbonyl (C=O) groups excluding carboxylic acids is 1. The van der Waals surface area contributed by atoms with Crippen LogP contribution in [0.25, 0.3) is 0 Å². The van der Waals surface area contributed by atoms with Crippen molar-refractivity contribution in [2.75, 3.05) is 20.3 Å². The standard InChI is InChI=1S/C13H18N2O3/c1-3-8-14-13(16)10-18-15-9-11-6-4-5-7-12(11)17-2/h4-7,9H,3,8,10H2,1-2H3,(H,14,16)/b15-9-. The van der Waals surface area contributed by atoms with E-state index in [9.17, 15) is 4.79 Å². The number of hydrogen-bond acceptors (Lipinski definition) is 4. The van der Waals surface area contributed by atoms with Crippen LogP contribution in [-0.2, 0) is 9.63 Å². The fraction of sp³-hybridized carbons (Fsp3) is 0.385. The fourth-order valence-corrected chi connectivity index (χ4v) is 1.28. The van der Waals surface area contributed by atoms with E-state index >= 15 is 0 Å². The predicted octanol–water partition coefficient (Wildman–Crippen LogP) is 1.57. The number of carbonyl (C=O) groups is 1. The quantitative estimate of drug-likeness (QED) is 0.590. The molecule has 0 heterocycles. The lowest BCUT2D eigenvalue weighted by atomic mass is 10.2. The minimum absolute atomic E-state index is 0.0777. The largest absolute Gasteiger partial charge is 0.496 e. The molecule has 1 aromatic rings. The summed E-state index contributed by atoms with van der Waals surface area (Å²) in [6, 6.07) is 7.42. The molecular weight excluding hydrogens is 232 g/mol. The summed E-state index contributed by atoms with van der Waals surface area (Å²) in [6.45, 7) is 2.56. The summed E-state index contributed by atoms with van der Waals surface area (Å²) in [7, 11) is 1.59. The van der Waals surface area contributed by atoms with Gasteiger partial charge < -0.3 is 14.9 Å². The van der Waals surface area contributed by atoms with Crippen LogP contribution in [-0.4, -0.2) is 32.4 Å². The van der Waals surface area contributed by atoms with Gasteiger partial charge in [-0.15, -0.1) is 0 Å². The topological polar surface area (TPSA) is 59.9 Å². The number of hydrogen-bond donors (Lipinski definition) is 1. The lowest BCUT2D eigenvalue weighted by Gasteiger charge is -2.03. The molecule has 0 spiro atoms. The van der Waals surface area contributed by atoms with Crippen LogP contribution in [0.5, 0.6) is 5.75 Å². The van der Waals surface area contributed by atoms with Crippen molar-refractivity contribution in [2.45, 2.75) is 13.3 Å². The summed E-state index contributed by atoms with van der Waals surface area (Å²) < 4.78 is 5.15. The molecule has 5 heteroatoms. The van der Waals surface area contributed by atoms with Gasteiger partial charge in [-0.25, -0.2) is 0 Å². The fourth-order valence-electron chi connectivity index (χ4n) is 1.28. The van der Waals surface area contributed by atoms with Gasteiger partial charge in [0.15, 0.2) is 6.61 Å². The van der Waals surface area contributed by atoms with Crippen molar-refractivity contribution in [1.29, 1.82) is 0 Å². The zero-order chi connectivity index (χ0) is 13.2. The zero-order valence-corrected chi connectivity index (χ0v) is 10.7. The van der Waals surface area contributed by atoms with E-state index in [4.69, 9.17) is 9.57 Å². The first-order chi connectivity index (χ1) is 8.77. The second-order valence-corrected chi connectivity index (χ2v) is 3.60. The molecule has 0 fully saturated rings. The van der Waals surface area contributed by atoms with Gasteiger partial charge in [-0.2, -0.15) is 0 Å². The molecule has 18 heavy (non-hydrogen) atoms. The number of benzene rings is 1. The maximum absolute atomic E-state index is 11.2. The van der Waals surface area contributed by atoms with Gasteiger partial charge in [-0.3, -0.25) is 4.79 Å².